The highest BCUT2D eigenvalue weighted by Crippen LogP contribution is 2.22. The van der Waals surface area contributed by atoms with Gasteiger partial charge in [-0.15, -0.1) is 0 Å². The maximum atomic E-state index is 5.53. The van der Waals surface area contributed by atoms with Crippen LogP contribution in [-0.4, -0.2) is 59.1 Å². The van der Waals surface area contributed by atoms with E-state index in [-0.39, 0.29) is 0 Å². The van der Waals surface area contributed by atoms with E-state index >= 15 is 0 Å². The zero-order chi connectivity index (χ0) is 17.2. The van der Waals surface area contributed by atoms with E-state index in [2.05, 4.69) is 55.8 Å². The van der Waals surface area contributed by atoms with Gasteiger partial charge in [0.05, 0.1) is 19.2 Å². The summed E-state index contributed by atoms with van der Waals surface area (Å²) < 4.78 is 7.64. The van der Waals surface area contributed by atoms with Crippen LogP contribution in [0.3, 0.4) is 0 Å². The number of aryl methyl sites for hydroxylation is 2. The Labute approximate surface area is 149 Å². The molecule has 0 amide bonds. The molecule has 2 aliphatic heterocycles. The van der Waals surface area contributed by atoms with E-state index < -0.39 is 0 Å². The van der Waals surface area contributed by atoms with Gasteiger partial charge in [-0.1, -0.05) is 12.1 Å². The Morgan fingerprint density at radius 2 is 2.00 bits per heavy atom. The first-order valence-electron chi connectivity index (χ1n) is 9.23. The fourth-order valence-electron chi connectivity index (χ4n) is 3.78. The van der Waals surface area contributed by atoms with Crippen molar-refractivity contribution >= 4 is 5.69 Å². The molecule has 1 atom stereocenters. The van der Waals surface area contributed by atoms with Crippen LogP contribution >= 0.6 is 0 Å². The number of hydrogen-bond acceptors (Lipinski definition) is 5. The number of hydrogen-bond donors (Lipinski definition) is 0. The molecule has 6 heteroatoms. The van der Waals surface area contributed by atoms with Crippen LogP contribution < -0.4 is 4.90 Å². The summed E-state index contributed by atoms with van der Waals surface area (Å²) in [5.41, 5.74) is 2.66. The second-order valence-corrected chi connectivity index (χ2v) is 7.14. The number of rotatable bonds is 4. The monoisotopic (exact) mass is 341 g/mol. The van der Waals surface area contributed by atoms with E-state index in [1.807, 2.05) is 6.92 Å². The second kappa shape index (κ2) is 7.14. The Balaban J connectivity index is 1.39. The molecule has 0 N–H and O–H groups in total. The Kier molecular flexibility index (Phi) is 4.72. The summed E-state index contributed by atoms with van der Waals surface area (Å²) in [6.07, 6.45) is 1.04. The molecule has 2 aliphatic rings. The van der Waals surface area contributed by atoms with Crippen LogP contribution in [0.4, 0.5) is 5.69 Å². The van der Waals surface area contributed by atoms with E-state index in [9.17, 15) is 0 Å². The van der Waals surface area contributed by atoms with E-state index in [1.165, 1.54) is 11.3 Å². The SMILES string of the molecule is Cc1cccc(N2CCN(Cc3nc(C)nn3C3CCOC3)CC2)c1. The minimum absolute atomic E-state index is 0.352. The molecule has 3 heterocycles. The number of anilines is 1. The maximum Gasteiger partial charge on any atom is 0.147 e. The lowest BCUT2D eigenvalue weighted by Gasteiger charge is -2.36. The number of ether oxygens (including phenoxy) is 1. The molecule has 0 aliphatic carbocycles. The van der Waals surface area contributed by atoms with E-state index in [0.29, 0.717) is 6.04 Å². The molecule has 0 radical (unpaired) electrons. The first-order chi connectivity index (χ1) is 12.2. The van der Waals surface area contributed by atoms with Crippen molar-refractivity contribution in [3.8, 4) is 0 Å². The van der Waals surface area contributed by atoms with E-state index in [4.69, 9.17) is 4.74 Å². The van der Waals surface area contributed by atoms with Gasteiger partial charge in [0.25, 0.3) is 0 Å². The molecule has 0 bridgehead atoms. The van der Waals surface area contributed by atoms with Gasteiger partial charge >= 0.3 is 0 Å². The zero-order valence-electron chi connectivity index (χ0n) is 15.2. The molecule has 1 unspecified atom stereocenters. The second-order valence-electron chi connectivity index (χ2n) is 7.14. The Morgan fingerprint density at radius 3 is 2.72 bits per heavy atom. The summed E-state index contributed by atoms with van der Waals surface area (Å²) >= 11 is 0. The van der Waals surface area contributed by atoms with Gasteiger partial charge in [-0.05, 0) is 38.0 Å². The highest BCUT2D eigenvalue weighted by Gasteiger charge is 2.24. The first kappa shape index (κ1) is 16.5. The van der Waals surface area contributed by atoms with Gasteiger partial charge in [-0.25, -0.2) is 9.67 Å². The van der Waals surface area contributed by atoms with Gasteiger partial charge in [0.15, 0.2) is 0 Å². The van der Waals surface area contributed by atoms with Gasteiger partial charge in [0, 0.05) is 38.5 Å². The van der Waals surface area contributed by atoms with Crippen molar-refractivity contribution in [1.82, 2.24) is 19.7 Å². The quantitative estimate of drug-likeness (QED) is 0.853. The van der Waals surface area contributed by atoms with Crippen LogP contribution in [0.1, 0.15) is 29.7 Å². The zero-order valence-corrected chi connectivity index (χ0v) is 15.2. The van der Waals surface area contributed by atoms with Crippen molar-refractivity contribution in [2.45, 2.75) is 32.9 Å². The molecular formula is C19H27N5O. The Bertz CT molecular complexity index is 714. The lowest BCUT2D eigenvalue weighted by molar-refractivity contribution is 0.181. The predicted molar refractivity (Wildman–Crippen MR) is 97.9 cm³/mol. The third-order valence-corrected chi connectivity index (χ3v) is 5.16. The molecule has 2 fully saturated rings. The van der Waals surface area contributed by atoms with Gasteiger partial charge < -0.3 is 9.64 Å². The minimum Gasteiger partial charge on any atom is -0.379 e. The number of benzene rings is 1. The van der Waals surface area contributed by atoms with Crippen molar-refractivity contribution in [3.05, 3.63) is 41.5 Å². The topological polar surface area (TPSA) is 46.4 Å². The molecule has 1 aromatic heterocycles. The number of piperazine rings is 1. The molecule has 134 valence electrons. The average Bonchev–Trinajstić information content (AvgIpc) is 3.25. The Hall–Kier alpha value is -1.92. The van der Waals surface area contributed by atoms with Crippen LogP contribution in [0.2, 0.25) is 0 Å². The molecular weight excluding hydrogens is 314 g/mol. The molecule has 6 nitrogen and oxygen atoms in total. The third-order valence-electron chi connectivity index (χ3n) is 5.16. The van der Waals surface area contributed by atoms with Gasteiger partial charge in [-0.2, -0.15) is 5.10 Å². The van der Waals surface area contributed by atoms with E-state index in [0.717, 1.165) is 64.0 Å². The summed E-state index contributed by atoms with van der Waals surface area (Å²) in [5, 5.41) is 4.62. The number of nitrogens with zero attached hydrogens (tertiary/aromatic N) is 5. The normalized spacial score (nSPS) is 21.8. The lowest BCUT2D eigenvalue weighted by atomic mass is 10.2. The summed E-state index contributed by atoms with van der Waals surface area (Å²) in [7, 11) is 0. The fourth-order valence-corrected chi connectivity index (χ4v) is 3.78. The van der Waals surface area contributed by atoms with Crippen molar-refractivity contribution in [1.29, 1.82) is 0 Å². The summed E-state index contributed by atoms with van der Waals surface area (Å²) in [4.78, 5) is 9.64. The van der Waals surface area contributed by atoms with Crippen molar-refractivity contribution in [3.63, 3.8) is 0 Å². The third kappa shape index (κ3) is 3.70. The minimum atomic E-state index is 0.352. The van der Waals surface area contributed by atoms with Crippen LogP contribution in [0.25, 0.3) is 0 Å². The van der Waals surface area contributed by atoms with Crippen LogP contribution in [0.5, 0.6) is 0 Å². The van der Waals surface area contributed by atoms with Crippen molar-refractivity contribution in [2.75, 3.05) is 44.3 Å². The molecule has 1 aromatic carbocycles. The first-order valence-corrected chi connectivity index (χ1v) is 9.23. The average molecular weight is 341 g/mol. The molecule has 25 heavy (non-hydrogen) atoms. The van der Waals surface area contributed by atoms with Crippen LogP contribution in [0.15, 0.2) is 24.3 Å². The summed E-state index contributed by atoms with van der Waals surface area (Å²) in [6.45, 7) is 10.8. The van der Waals surface area contributed by atoms with Crippen molar-refractivity contribution < 1.29 is 4.74 Å². The standard InChI is InChI=1S/C19H27N5O/c1-15-4-3-5-17(12-15)23-9-7-22(8-10-23)13-19-20-16(2)21-24(19)18-6-11-25-14-18/h3-5,12,18H,6-11,13-14H2,1-2H3. The van der Waals surface area contributed by atoms with Gasteiger partial charge in [0.1, 0.15) is 11.6 Å². The predicted octanol–water partition coefficient (Wildman–Crippen LogP) is 2.18. The lowest BCUT2D eigenvalue weighted by Crippen LogP contribution is -2.46. The maximum absolute atomic E-state index is 5.53. The number of aromatic nitrogens is 3. The van der Waals surface area contributed by atoms with E-state index in [1.54, 1.807) is 0 Å². The summed E-state index contributed by atoms with van der Waals surface area (Å²) in [6, 6.07) is 9.14. The molecule has 4 rings (SSSR count). The summed E-state index contributed by atoms with van der Waals surface area (Å²) in [5.74, 6) is 1.94. The Morgan fingerprint density at radius 1 is 1.16 bits per heavy atom. The molecule has 0 spiro atoms. The molecule has 2 saturated heterocycles. The molecule has 2 aromatic rings. The van der Waals surface area contributed by atoms with Crippen LogP contribution in [0, 0.1) is 13.8 Å². The highest BCUT2D eigenvalue weighted by molar-refractivity contribution is 5.48. The molecule has 0 saturated carbocycles. The van der Waals surface area contributed by atoms with Gasteiger partial charge in [0.2, 0.25) is 0 Å². The largest absolute Gasteiger partial charge is 0.379 e. The smallest absolute Gasteiger partial charge is 0.147 e. The van der Waals surface area contributed by atoms with Gasteiger partial charge in [-0.3, -0.25) is 4.90 Å². The van der Waals surface area contributed by atoms with Crippen molar-refractivity contribution in [2.24, 2.45) is 0 Å². The highest BCUT2D eigenvalue weighted by atomic mass is 16.5. The van der Waals surface area contributed by atoms with Crippen LogP contribution in [-0.2, 0) is 11.3 Å². The fraction of sp³-hybridized carbons (Fsp3) is 0.579.